The first-order valence-corrected chi connectivity index (χ1v) is 13.2. The van der Waals surface area contributed by atoms with Gasteiger partial charge in [0.25, 0.3) is 0 Å². The molecule has 180 valence electrons. The van der Waals surface area contributed by atoms with Crippen LogP contribution in [-0.2, 0) is 26.0 Å². The number of hydrogen-bond acceptors (Lipinski definition) is 4. The van der Waals surface area contributed by atoms with E-state index in [0.717, 1.165) is 28.1 Å². The molecular formula is C25H35N3O4S. The normalized spacial score (nSPS) is 12.1. The molecule has 0 spiro atoms. The summed E-state index contributed by atoms with van der Waals surface area (Å²) in [5, 5.41) is 2.88. The maximum Gasteiger partial charge on any atom is 0.244 e. The van der Waals surface area contributed by atoms with Crippen molar-refractivity contribution in [1.29, 1.82) is 0 Å². The molecule has 0 saturated carbocycles. The van der Waals surface area contributed by atoms with Crippen LogP contribution in [0.25, 0.3) is 0 Å². The molecule has 0 aliphatic carbocycles. The van der Waals surface area contributed by atoms with E-state index in [1.54, 1.807) is 25.1 Å². The fraction of sp³-hybridized carbons (Fsp3) is 0.440. The van der Waals surface area contributed by atoms with E-state index in [1.807, 2.05) is 50.2 Å². The van der Waals surface area contributed by atoms with Gasteiger partial charge in [-0.1, -0.05) is 62.4 Å². The maximum absolute atomic E-state index is 13.5. The Hall–Kier alpha value is -2.87. The fourth-order valence-corrected chi connectivity index (χ4v) is 4.61. The number of carbonyl (C=O) groups excluding carboxylic acids is 2. The molecular weight excluding hydrogens is 438 g/mol. The lowest BCUT2D eigenvalue weighted by molar-refractivity contribution is -0.139. The van der Waals surface area contributed by atoms with E-state index in [9.17, 15) is 18.0 Å². The third-order valence-electron chi connectivity index (χ3n) is 5.48. The first-order chi connectivity index (χ1) is 15.7. The molecule has 33 heavy (non-hydrogen) atoms. The van der Waals surface area contributed by atoms with Crippen LogP contribution in [0.5, 0.6) is 0 Å². The van der Waals surface area contributed by atoms with Crippen molar-refractivity contribution < 1.29 is 18.0 Å². The lowest BCUT2D eigenvalue weighted by Crippen LogP contribution is -2.53. The van der Waals surface area contributed by atoms with Crippen molar-refractivity contribution in [2.24, 2.45) is 0 Å². The van der Waals surface area contributed by atoms with E-state index in [0.29, 0.717) is 31.6 Å². The third-order valence-corrected chi connectivity index (χ3v) is 6.61. The van der Waals surface area contributed by atoms with Crippen molar-refractivity contribution in [1.82, 2.24) is 10.2 Å². The molecule has 0 fully saturated rings. The number of amides is 2. The van der Waals surface area contributed by atoms with E-state index >= 15 is 0 Å². The van der Waals surface area contributed by atoms with Crippen LogP contribution in [0.4, 0.5) is 5.69 Å². The number of anilines is 1. The van der Waals surface area contributed by atoms with E-state index in [4.69, 9.17) is 0 Å². The van der Waals surface area contributed by atoms with Crippen molar-refractivity contribution in [2.75, 3.05) is 30.2 Å². The van der Waals surface area contributed by atoms with Crippen LogP contribution >= 0.6 is 0 Å². The van der Waals surface area contributed by atoms with Crippen LogP contribution in [0.1, 0.15) is 37.8 Å². The number of hydrogen-bond donors (Lipinski definition) is 1. The van der Waals surface area contributed by atoms with Gasteiger partial charge in [-0.15, -0.1) is 0 Å². The molecule has 2 amide bonds. The molecule has 0 aromatic heterocycles. The molecule has 0 aliphatic rings. The zero-order valence-corrected chi connectivity index (χ0v) is 20.8. The van der Waals surface area contributed by atoms with Gasteiger partial charge in [-0.3, -0.25) is 13.9 Å². The Kier molecular flexibility index (Phi) is 9.91. The van der Waals surface area contributed by atoms with Gasteiger partial charge in [-0.2, -0.15) is 0 Å². The summed E-state index contributed by atoms with van der Waals surface area (Å²) in [5.41, 5.74) is 2.25. The average Bonchev–Trinajstić information content (AvgIpc) is 2.79. The fourth-order valence-electron chi connectivity index (χ4n) is 3.70. The predicted molar refractivity (Wildman–Crippen MR) is 133 cm³/mol. The van der Waals surface area contributed by atoms with Crippen molar-refractivity contribution in [3.8, 4) is 0 Å². The standard InChI is InChI=1S/C25H35N3O4S/c1-5-17-26-25(30)22(6-2)27(18-16-21-13-8-7-9-14-21)24(29)19-28(33(4,31)32)23-15-11-10-12-20(23)3/h7-15,22H,5-6,16-19H2,1-4H3,(H,26,30)/t22-/m0/s1. The molecule has 8 heteroatoms. The Bertz CT molecular complexity index is 1020. The second kappa shape index (κ2) is 12.4. The lowest BCUT2D eigenvalue weighted by Gasteiger charge is -2.33. The van der Waals surface area contributed by atoms with Gasteiger partial charge in [-0.05, 0) is 43.4 Å². The first-order valence-electron chi connectivity index (χ1n) is 11.3. The molecule has 0 saturated heterocycles. The highest BCUT2D eigenvalue weighted by molar-refractivity contribution is 7.92. The van der Waals surface area contributed by atoms with Crippen LogP contribution in [-0.4, -0.2) is 57.1 Å². The van der Waals surface area contributed by atoms with Gasteiger partial charge in [0, 0.05) is 13.1 Å². The number of carbonyl (C=O) groups is 2. The van der Waals surface area contributed by atoms with Crippen LogP contribution in [0.2, 0.25) is 0 Å². The number of aryl methyl sites for hydroxylation is 1. The van der Waals surface area contributed by atoms with Crippen LogP contribution in [0, 0.1) is 6.92 Å². The van der Waals surface area contributed by atoms with Gasteiger partial charge >= 0.3 is 0 Å². The molecule has 1 N–H and O–H groups in total. The number of rotatable bonds is 12. The summed E-state index contributed by atoms with van der Waals surface area (Å²) >= 11 is 0. The number of nitrogens with zero attached hydrogens (tertiary/aromatic N) is 2. The van der Waals surface area contributed by atoms with Gasteiger partial charge in [0.15, 0.2) is 0 Å². The summed E-state index contributed by atoms with van der Waals surface area (Å²) in [5.74, 6) is -0.624. The van der Waals surface area contributed by atoms with Crippen LogP contribution < -0.4 is 9.62 Å². The summed E-state index contributed by atoms with van der Waals surface area (Å²) in [4.78, 5) is 27.9. The predicted octanol–water partition coefficient (Wildman–Crippen LogP) is 3.14. The minimum atomic E-state index is -3.72. The average molecular weight is 474 g/mol. The van der Waals surface area contributed by atoms with Crippen molar-refractivity contribution in [3.63, 3.8) is 0 Å². The highest BCUT2D eigenvalue weighted by Gasteiger charge is 2.31. The van der Waals surface area contributed by atoms with Gasteiger partial charge in [0.2, 0.25) is 21.8 Å². The van der Waals surface area contributed by atoms with Gasteiger partial charge < -0.3 is 10.2 Å². The minimum Gasteiger partial charge on any atom is -0.354 e. The third kappa shape index (κ3) is 7.60. The Labute approximate surface area is 197 Å². The minimum absolute atomic E-state index is 0.220. The quantitative estimate of drug-likeness (QED) is 0.513. The summed E-state index contributed by atoms with van der Waals surface area (Å²) < 4.78 is 26.3. The number of nitrogens with one attached hydrogen (secondary N) is 1. The highest BCUT2D eigenvalue weighted by Crippen LogP contribution is 2.22. The van der Waals surface area contributed by atoms with Crippen LogP contribution in [0.15, 0.2) is 54.6 Å². The van der Waals surface area contributed by atoms with E-state index in [-0.39, 0.29) is 12.5 Å². The maximum atomic E-state index is 13.5. The molecule has 0 radical (unpaired) electrons. The van der Waals surface area contributed by atoms with Gasteiger partial charge in [-0.25, -0.2) is 8.42 Å². The number of sulfonamides is 1. The van der Waals surface area contributed by atoms with E-state index < -0.39 is 22.0 Å². The molecule has 2 aromatic carbocycles. The number of benzene rings is 2. The summed E-state index contributed by atoms with van der Waals surface area (Å²) in [6.45, 7) is 6.09. The molecule has 0 heterocycles. The number of para-hydroxylation sites is 1. The SMILES string of the molecule is CCCNC(=O)[C@H](CC)N(CCc1ccccc1)C(=O)CN(c1ccccc1C)S(C)(=O)=O. The largest absolute Gasteiger partial charge is 0.354 e. The zero-order chi connectivity index (χ0) is 24.4. The second-order valence-corrected chi connectivity index (χ2v) is 10.0. The molecule has 7 nitrogen and oxygen atoms in total. The lowest BCUT2D eigenvalue weighted by atomic mass is 10.1. The van der Waals surface area contributed by atoms with E-state index in [1.165, 1.54) is 4.90 Å². The summed E-state index contributed by atoms with van der Waals surface area (Å²) in [7, 11) is -3.72. The molecule has 1 atom stereocenters. The zero-order valence-electron chi connectivity index (χ0n) is 20.0. The van der Waals surface area contributed by atoms with Crippen LogP contribution in [0.3, 0.4) is 0 Å². The van der Waals surface area contributed by atoms with Gasteiger partial charge in [0.05, 0.1) is 11.9 Å². The molecule has 2 rings (SSSR count). The van der Waals surface area contributed by atoms with E-state index in [2.05, 4.69) is 5.32 Å². The Morgan fingerprint density at radius 2 is 1.64 bits per heavy atom. The molecule has 0 unspecified atom stereocenters. The summed E-state index contributed by atoms with van der Waals surface area (Å²) in [6.07, 6.45) is 2.87. The topological polar surface area (TPSA) is 86.8 Å². The molecule has 0 bridgehead atoms. The molecule has 2 aromatic rings. The Morgan fingerprint density at radius 3 is 2.21 bits per heavy atom. The Morgan fingerprint density at radius 1 is 1.00 bits per heavy atom. The smallest absolute Gasteiger partial charge is 0.244 e. The Balaban J connectivity index is 2.35. The first kappa shape index (κ1) is 26.4. The summed E-state index contributed by atoms with van der Waals surface area (Å²) in [6, 6.07) is 16.1. The molecule has 0 aliphatic heterocycles. The van der Waals surface area contributed by atoms with Crippen molar-refractivity contribution in [3.05, 3.63) is 65.7 Å². The second-order valence-electron chi connectivity index (χ2n) is 8.09. The van der Waals surface area contributed by atoms with Crippen molar-refractivity contribution >= 4 is 27.5 Å². The monoisotopic (exact) mass is 473 g/mol. The van der Waals surface area contributed by atoms with Gasteiger partial charge in [0.1, 0.15) is 12.6 Å². The van der Waals surface area contributed by atoms with Crippen molar-refractivity contribution in [2.45, 2.75) is 46.1 Å². The highest BCUT2D eigenvalue weighted by atomic mass is 32.2.